The molecule has 2 rings (SSSR count). The Morgan fingerprint density at radius 2 is 2.18 bits per heavy atom. The number of ether oxygens (including phenoxy) is 1. The van der Waals surface area contributed by atoms with E-state index in [9.17, 15) is 0 Å². The monoisotopic (exact) mass is 293 g/mol. The molecule has 1 aromatic carbocycles. The smallest absolute Gasteiger partial charge is 0.238 e. The molecule has 0 aliphatic carbocycles. The van der Waals surface area contributed by atoms with E-state index in [0.29, 0.717) is 19.0 Å². The fourth-order valence-corrected chi connectivity index (χ4v) is 1.85. The molecule has 5 heteroatoms. The van der Waals surface area contributed by atoms with Gasteiger partial charge in [0.15, 0.2) is 0 Å². The first-order valence-electron chi connectivity index (χ1n) is 5.17. The zero-order chi connectivity index (χ0) is 12.1. The lowest BCUT2D eigenvalue weighted by Gasteiger charge is -2.08. The Kier molecular flexibility index (Phi) is 4.06. The summed E-state index contributed by atoms with van der Waals surface area (Å²) >= 11 is 3.41. The largest absolute Gasteiger partial charge is 0.471 e. The van der Waals surface area contributed by atoms with Crippen molar-refractivity contribution in [3.05, 3.63) is 52.1 Å². The number of hydrogen-bond donors (Lipinski definition) is 1. The molecule has 0 fully saturated rings. The summed E-state index contributed by atoms with van der Waals surface area (Å²) < 4.78 is 6.62. The van der Waals surface area contributed by atoms with Gasteiger partial charge in [-0.2, -0.15) is 5.10 Å². The third-order valence-electron chi connectivity index (χ3n) is 2.25. The minimum absolute atomic E-state index is 0.392. The molecule has 0 bridgehead atoms. The molecule has 0 radical (unpaired) electrons. The van der Waals surface area contributed by atoms with E-state index in [1.807, 2.05) is 30.3 Å². The quantitative estimate of drug-likeness (QED) is 0.939. The maximum absolute atomic E-state index is 5.59. The van der Waals surface area contributed by atoms with Crippen LogP contribution in [-0.2, 0) is 13.2 Å². The SMILES string of the molecule is NCc1ccnnc1OCc1cccc(Br)c1. The Bertz CT molecular complexity index is 505. The highest BCUT2D eigenvalue weighted by molar-refractivity contribution is 9.10. The molecule has 0 atom stereocenters. The molecule has 88 valence electrons. The number of rotatable bonds is 4. The average molecular weight is 294 g/mol. The normalized spacial score (nSPS) is 10.2. The van der Waals surface area contributed by atoms with Crippen molar-refractivity contribution < 1.29 is 4.74 Å². The summed E-state index contributed by atoms with van der Waals surface area (Å²) in [7, 11) is 0. The molecule has 1 aromatic heterocycles. The molecule has 4 nitrogen and oxygen atoms in total. The van der Waals surface area contributed by atoms with Crippen molar-refractivity contribution in [1.29, 1.82) is 0 Å². The molecule has 17 heavy (non-hydrogen) atoms. The molecule has 0 saturated carbocycles. The van der Waals surface area contributed by atoms with Gasteiger partial charge in [0.25, 0.3) is 0 Å². The van der Waals surface area contributed by atoms with Crippen LogP contribution in [0, 0.1) is 0 Å². The first-order chi connectivity index (χ1) is 8.29. The van der Waals surface area contributed by atoms with Gasteiger partial charge in [-0.25, -0.2) is 0 Å². The van der Waals surface area contributed by atoms with Crippen molar-refractivity contribution in [2.75, 3.05) is 0 Å². The van der Waals surface area contributed by atoms with Gasteiger partial charge < -0.3 is 10.5 Å². The van der Waals surface area contributed by atoms with Crippen LogP contribution in [0.1, 0.15) is 11.1 Å². The number of benzene rings is 1. The fraction of sp³-hybridized carbons (Fsp3) is 0.167. The standard InChI is InChI=1S/C12H12BrN3O/c13-11-3-1-2-9(6-11)8-17-12-10(7-14)4-5-15-16-12/h1-6H,7-8,14H2. The number of nitrogens with two attached hydrogens (primary N) is 1. The van der Waals surface area contributed by atoms with Crippen molar-refractivity contribution in [3.63, 3.8) is 0 Å². The highest BCUT2D eigenvalue weighted by Crippen LogP contribution is 2.16. The molecule has 1 heterocycles. The van der Waals surface area contributed by atoms with E-state index >= 15 is 0 Å². The van der Waals surface area contributed by atoms with Crippen LogP contribution >= 0.6 is 15.9 Å². The van der Waals surface area contributed by atoms with Crippen molar-refractivity contribution >= 4 is 15.9 Å². The maximum Gasteiger partial charge on any atom is 0.238 e. The molecule has 0 saturated heterocycles. The zero-order valence-electron chi connectivity index (χ0n) is 9.14. The Morgan fingerprint density at radius 1 is 1.29 bits per heavy atom. The van der Waals surface area contributed by atoms with Gasteiger partial charge in [0, 0.05) is 16.6 Å². The van der Waals surface area contributed by atoms with Crippen LogP contribution in [0.2, 0.25) is 0 Å². The molecule has 0 aliphatic rings. The molecular formula is C12H12BrN3O. The minimum atomic E-state index is 0.392. The second-order valence-electron chi connectivity index (χ2n) is 3.48. The van der Waals surface area contributed by atoms with E-state index in [4.69, 9.17) is 10.5 Å². The van der Waals surface area contributed by atoms with E-state index in [0.717, 1.165) is 15.6 Å². The molecule has 0 aliphatic heterocycles. The van der Waals surface area contributed by atoms with Gasteiger partial charge in [-0.1, -0.05) is 28.1 Å². The van der Waals surface area contributed by atoms with Gasteiger partial charge in [0.05, 0.1) is 6.20 Å². The van der Waals surface area contributed by atoms with Crippen LogP contribution in [0.3, 0.4) is 0 Å². The highest BCUT2D eigenvalue weighted by Gasteiger charge is 2.04. The number of nitrogens with zero attached hydrogens (tertiary/aromatic N) is 2. The predicted octanol–water partition coefficient (Wildman–Crippen LogP) is 2.28. The van der Waals surface area contributed by atoms with Gasteiger partial charge in [0.2, 0.25) is 5.88 Å². The molecule has 0 spiro atoms. The van der Waals surface area contributed by atoms with Gasteiger partial charge in [0.1, 0.15) is 6.61 Å². The Hall–Kier alpha value is -1.46. The minimum Gasteiger partial charge on any atom is -0.471 e. The second-order valence-corrected chi connectivity index (χ2v) is 4.40. The van der Waals surface area contributed by atoms with Crippen LogP contribution < -0.4 is 10.5 Å². The average Bonchev–Trinajstić information content (AvgIpc) is 2.37. The summed E-state index contributed by atoms with van der Waals surface area (Å²) in [5.74, 6) is 0.495. The molecule has 2 aromatic rings. The maximum atomic E-state index is 5.59. The number of aromatic nitrogens is 2. The van der Waals surface area contributed by atoms with E-state index in [1.54, 1.807) is 6.20 Å². The van der Waals surface area contributed by atoms with Crippen LogP contribution in [0.15, 0.2) is 41.0 Å². The van der Waals surface area contributed by atoms with E-state index in [2.05, 4.69) is 26.1 Å². The van der Waals surface area contributed by atoms with E-state index in [-0.39, 0.29) is 0 Å². The summed E-state index contributed by atoms with van der Waals surface area (Å²) in [6, 6.07) is 9.73. The third kappa shape index (κ3) is 3.25. The van der Waals surface area contributed by atoms with Gasteiger partial charge in [-0.15, -0.1) is 5.10 Å². The van der Waals surface area contributed by atoms with Gasteiger partial charge in [-0.05, 0) is 23.8 Å². The lowest BCUT2D eigenvalue weighted by Crippen LogP contribution is -2.05. The first-order valence-corrected chi connectivity index (χ1v) is 5.97. The fourth-order valence-electron chi connectivity index (χ4n) is 1.40. The van der Waals surface area contributed by atoms with Crippen LogP contribution in [0.5, 0.6) is 5.88 Å². The molecular weight excluding hydrogens is 282 g/mol. The summed E-state index contributed by atoms with van der Waals surface area (Å²) in [4.78, 5) is 0. The predicted molar refractivity (Wildman–Crippen MR) is 68.4 cm³/mol. The highest BCUT2D eigenvalue weighted by atomic mass is 79.9. The van der Waals surface area contributed by atoms with Gasteiger partial charge >= 0.3 is 0 Å². The lowest BCUT2D eigenvalue weighted by molar-refractivity contribution is 0.286. The van der Waals surface area contributed by atoms with Gasteiger partial charge in [-0.3, -0.25) is 0 Å². The zero-order valence-corrected chi connectivity index (χ0v) is 10.7. The van der Waals surface area contributed by atoms with E-state index < -0.39 is 0 Å². The van der Waals surface area contributed by atoms with E-state index in [1.165, 1.54) is 0 Å². The summed E-state index contributed by atoms with van der Waals surface area (Å²) in [6.07, 6.45) is 1.61. The van der Waals surface area contributed by atoms with Crippen molar-refractivity contribution in [3.8, 4) is 5.88 Å². The lowest BCUT2D eigenvalue weighted by atomic mass is 10.2. The summed E-state index contributed by atoms with van der Waals surface area (Å²) in [6.45, 7) is 0.842. The second kappa shape index (κ2) is 5.75. The number of hydrogen-bond acceptors (Lipinski definition) is 4. The number of halogens is 1. The molecule has 2 N–H and O–H groups in total. The summed E-state index contributed by atoms with van der Waals surface area (Å²) in [5.41, 5.74) is 7.51. The van der Waals surface area contributed by atoms with Crippen LogP contribution in [0.25, 0.3) is 0 Å². The van der Waals surface area contributed by atoms with Crippen molar-refractivity contribution in [2.45, 2.75) is 13.2 Å². The molecule has 0 unspecified atom stereocenters. The first kappa shape index (κ1) is 12.0. The Balaban J connectivity index is 2.07. The summed E-state index contributed by atoms with van der Waals surface area (Å²) in [5, 5.41) is 7.71. The third-order valence-corrected chi connectivity index (χ3v) is 2.74. The topological polar surface area (TPSA) is 61.0 Å². The van der Waals surface area contributed by atoms with Crippen LogP contribution in [-0.4, -0.2) is 10.2 Å². The Labute approximate surface area is 108 Å². The van der Waals surface area contributed by atoms with Crippen molar-refractivity contribution in [2.24, 2.45) is 5.73 Å². The van der Waals surface area contributed by atoms with Crippen LogP contribution in [0.4, 0.5) is 0 Å². The van der Waals surface area contributed by atoms with Crippen molar-refractivity contribution in [1.82, 2.24) is 10.2 Å². The Morgan fingerprint density at radius 3 is 2.94 bits per heavy atom. The molecule has 0 amide bonds.